The van der Waals surface area contributed by atoms with Gasteiger partial charge < -0.3 is 15.0 Å². The van der Waals surface area contributed by atoms with Gasteiger partial charge >= 0.3 is 0 Å². The van der Waals surface area contributed by atoms with Crippen molar-refractivity contribution in [3.63, 3.8) is 0 Å². The summed E-state index contributed by atoms with van der Waals surface area (Å²) in [5, 5.41) is 2.96. The molecule has 3 aromatic rings. The number of benzene rings is 2. The Morgan fingerprint density at radius 2 is 1.79 bits per heavy atom. The zero-order valence-corrected chi connectivity index (χ0v) is 18.7. The second-order valence-electron chi connectivity index (χ2n) is 8.08. The van der Waals surface area contributed by atoms with Crippen LogP contribution in [-0.2, 0) is 11.3 Å². The van der Waals surface area contributed by atoms with Crippen molar-refractivity contribution >= 4 is 11.8 Å². The molecule has 1 fully saturated rings. The van der Waals surface area contributed by atoms with Crippen LogP contribution >= 0.6 is 0 Å². The van der Waals surface area contributed by atoms with Gasteiger partial charge in [0.2, 0.25) is 0 Å². The Balaban J connectivity index is 1.52. The van der Waals surface area contributed by atoms with Gasteiger partial charge in [0.1, 0.15) is 11.6 Å². The van der Waals surface area contributed by atoms with Gasteiger partial charge in [0.15, 0.2) is 6.61 Å². The van der Waals surface area contributed by atoms with Crippen LogP contribution in [0.1, 0.15) is 52.7 Å². The van der Waals surface area contributed by atoms with E-state index in [1.807, 2.05) is 60.7 Å². The number of aryl methyl sites for hydroxylation is 1. The van der Waals surface area contributed by atoms with Crippen LogP contribution in [0.15, 0.2) is 66.9 Å². The molecule has 1 aliphatic heterocycles. The van der Waals surface area contributed by atoms with E-state index in [1.165, 1.54) is 0 Å². The lowest BCUT2D eigenvalue weighted by Crippen LogP contribution is -2.42. The highest BCUT2D eigenvalue weighted by Crippen LogP contribution is 2.32. The maximum atomic E-state index is 13.1. The van der Waals surface area contributed by atoms with E-state index in [1.54, 1.807) is 18.0 Å². The smallest absolute Gasteiger partial charge is 0.261 e. The molecule has 1 N–H and O–H groups in total. The molecular weight excluding hydrogens is 416 g/mol. The highest BCUT2D eigenvalue weighted by atomic mass is 16.5. The molecule has 0 radical (unpaired) electrons. The molecule has 1 atom stereocenters. The van der Waals surface area contributed by atoms with Crippen LogP contribution in [0.5, 0.6) is 5.75 Å². The molecule has 170 valence electrons. The van der Waals surface area contributed by atoms with Crippen LogP contribution in [0.25, 0.3) is 0 Å². The van der Waals surface area contributed by atoms with Crippen molar-refractivity contribution in [2.24, 2.45) is 0 Å². The van der Waals surface area contributed by atoms with Crippen molar-refractivity contribution in [3.8, 4) is 5.75 Å². The van der Waals surface area contributed by atoms with Crippen LogP contribution in [0.2, 0.25) is 0 Å². The number of hydrogen-bond donors (Lipinski definition) is 1. The van der Waals surface area contributed by atoms with Gasteiger partial charge in [0, 0.05) is 19.3 Å². The minimum Gasteiger partial charge on any atom is -0.484 e. The fourth-order valence-electron chi connectivity index (χ4n) is 4.05. The van der Waals surface area contributed by atoms with Crippen molar-refractivity contribution in [3.05, 3.63) is 89.5 Å². The number of ether oxygens (including phenoxy) is 1. The number of hydrogen-bond acceptors (Lipinski definition) is 5. The fraction of sp³-hybridized carbons (Fsp3) is 0.308. The van der Waals surface area contributed by atoms with E-state index in [2.05, 4.69) is 15.3 Å². The van der Waals surface area contributed by atoms with Crippen molar-refractivity contribution in [1.82, 2.24) is 20.2 Å². The van der Waals surface area contributed by atoms with E-state index in [-0.39, 0.29) is 24.5 Å². The van der Waals surface area contributed by atoms with Crippen LogP contribution in [0, 0.1) is 6.92 Å². The summed E-state index contributed by atoms with van der Waals surface area (Å²) < 4.78 is 5.69. The van der Waals surface area contributed by atoms with E-state index < -0.39 is 0 Å². The lowest BCUT2D eigenvalue weighted by molar-refractivity contribution is -0.137. The molecule has 0 aliphatic carbocycles. The van der Waals surface area contributed by atoms with E-state index in [0.29, 0.717) is 35.9 Å². The molecule has 2 heterocycles. The first-order chi connectivity index (χ1) is 16.1. The summed E-state index contributed by atoms with van der Waals surface area (Å²) in [7, 11) is 0. The van der Waals surface area contributed by atoms with E-state index in [9.17, 15) is 9.59 Å². The molecule has 0 unspecified atom stereocenters. The number of carbonyl (C=O) groups is 2. The van der Waals surface area contributed by atoms with Gasteiger partial charge in [-0.25, -0.2) is 9.97 Å². The van der Waals surface area contributed by atoms with Gasteiger partial charge in [-0.1, -0.05) is 48.5 Å². The SMILES string of the molecule is Cc1ncc(C(=O)NCc2ccccc2)c([C@@H]2CCCCN2C(=O)COc2ccccc2)n1. The molecule has 1 aromatic heterocycles. The monoisotopic (exact) mass is 444 g/mol. The number of likely N-dealkylation sites (tertiary alicyclic amines) is 1. The maximum Gasteiger partial charge on any atom is 0.261 e. The summed E-state index contributed by atoms with van der Waals surface area (Å²) in [4.78, 5) is 36.8. The van der Waals surface area contributed by atoms with Crippen molar-refractivity contribution < 1.29 is 14.3 Å². The zero-order valence-electron chi connectivity index (χ0n) is 18.7. The van der Waals surface area contributed by atoms with Crippen LogP contribution in [0.4, 0.5) is 0 Å². The van der Waals surface area contributed by atoms with Crippen molar-refractivity contribution in [2.75, 3.05) is 13.2 Å². The Hall–Kier alpha value is -3.74. The maximum absolute atomic E-state index is 13.1. The number of amides is 2. The van der Waals surface area contributed by atoms with Gasteiger partial charge in [-0.15, -0.1) is 0 Å². The quantitative estimate of drug-likeness (QED) is 0.598. The molecule has 1 saturated heterocycles. The minimum absolute atomic E-state index is 0.0554. The molecule has 0 bridgehead atoms. The predicted molar refractivity (Wildman–Crippen MR) is 125 cm³/mol. The van der Waals surface area contributed by atoms with Crippen LogP contribution < -0.4 is 10.1 Å². The summed E-state index contributed by atoms with van der Waals surface area (Å²) >= 11 is 0. The molecule has 33 heavy (non-hydrogen) atoms. The number of rotatable bonds is 7. The fourth-order valence-corrected chi connectivity index (χ4v) is 4.05. The first-order valence-corrected chi connectivity index (χ1v) is 11.2. The molecular formula is C26H28N4O3. The molecule has 1 aliphatic rings. The number of nitrogens with zero attached hydrogens (tertiary/aromatic N) is 3. The first kappa shape index (κ1) is 22.5. The Morgan fingerprint density at radius 3 is 2.55 bits per heavy atom. The largest absolute Gasteiger partial charge is 0.484 e. The second-order valence-corrected chi connectivity index (χ2v) is 8.08. The van der Waals surface area contributed by atoms with E-state index in [0.717, 1.165) is 24.8 Å². The van der Waals surface area contributed by atoms with Crippen LogP contribution in [-0.4, -0.2) is 39.8 Å². The third-order valence-electron chi connectivity index (χ3n) is 5.72. The summed E-state index contributed by atoms with van der Waals surface area (Å²) in [6, 6.07) is 18.7. The Morgan fingerprint density at radius 1 is 1.06 bits per heavy atom. The summed E-state index contributed by atoms with van der Waals surface area (Å²) in [5.41, 5.74) is 2.01. The number of nitrogens with one attached hydrogen (secondary N) is 1. The van der Waals surface area contributed by atoms with Gasteiger partial charge in [0.25, 0.3) is 11.8 Å². The van der Waals surface area contributed by atoms with E-state index >= 15 is 0 Å². The van der Waals surface area contributed by atoms with Gasteiger partial charge in [-0.3, -0.25) is 9.59 Å². The topological polar surface area (TPSA) is 84.4 Å². The number of piperidine rings is 1. The molecule has 2 amide bonds. The lowest BCUT2D eigenvalue weighted by Gasteiger charge is -2.36. The molecule has 4 rings (SSSR count). The second kappa shape index (κ2) is 10.7. The number of aromatic nitrogens is 2. The Labute approximate surface area is 193 Å². The van der Waals surface area contributed by atoms with E-state index in [4.69, 9.17) is 4.74 Å². The molecule has 2 aromatic carbocycles. The Kier molecular flexibility index (Phi) is 7.29. The van der Waals surface area contributed by atoms with Crippen molar-refractivity contribution in [2.45, 2.75) is 38.8 Å². The molecule has 7 nitrogen and oxygen atoms in total. The van der Waals surface area contributed by atoms with Gasteiger partial charge in [-0.2, -0.15) is 0 Å². The molecule has 7 heteroatoms. The molecule has 0 spiro atoms. The summed E-state index contributed by atoms with van der Waals surface area (Å²) in [6.07, 6.45) is 4.18. The third-order valence-corrected chi connectivity index (χ3v) is 5.72. The highest BCUT2D eigenvalue weighted by Gasteiger charge is 2.32. The normalized spacial score (nSPS) is 15.7. The third kappa shape index (κ3) is 5.74. The van der Waals surface area contributed by atoms with Crippen LogP contribution in [0.3, 0.4) is 0 Å². The van der Waals surface area contributed by atoms with Gasteiger partial charge in [-0.05, 0) is 43.9 Å². The first-order valence-electron chi connectivity index (χ1n) is 11.2. The minimum atomic E-state index is -0.287. The number of para-hydroxylation sites is 1. The average molecular weight is 445 g/mol. The standard InChI is InChI=1S/C26H28N4O3/c1-19-27-17-22(26(32)28-16-20-10-4-2-5-11-20)25(29-19)23-14-8-9-15-30(23)24(31)18-33-21-12-6-3-7-13-21/h2-7,10-13,17,23H,8-9,14-16,18H2,1H3,(H,28,32)/t23-/m0/s1. The zero-order chi connectivity index (χ0) is 23.0. The lowest BCUT2D eigenvalue weighted by atomic mass is 9.96. The average Bonchev–Trinajstić information content (AvgIpc) is 2.87. The molecule has 0 saturated carbocycles. The highest BCUT2D eigenvalue weighted by molar-refractivity contribution is 5.95. The van der Waals surface area contributed by atoms with Crippen molar-refractivity contribution in [1.29, 1.82) is 0 Å². The summed E-state index contributed by atoms with van der Waals surface area (Å²) in [5.74, 6) is 0.865. The Bertz CT molecular complexity index is 1090. The summed E-state index contributed by atoms with van der Waals surface area (Å²) in [6.45, 7) is 2.75. The predicted octanol–water partition coefficient (Wildman–Crippen LogP) is 3.85. The number of carbonyl (C=O) groups excluding carboxylic acids is 2. The van der Waals surface area contributed by atoms with Gasteiger partial charge in [0.05, 0.1) is 17.3 Å².